The van der Waals surface area contributed by atoms with Gasteiger partial charge in [0.05, 0.1) is 17.8 Å². The van der Waals surface area contributed by atoms with E-state index in [1.54, 1.807) is 25.1 Å². The lowest BCUT2D eigenvalue weighted by Crippen LogP contribution is -2.24. The van der Waals surface area contributed by atoms with Crippen LogP contribution in [0.1, 0.15) is 21.6 Å². The number of carboxylic acids is 1. The second-order valence-corrected chi connectivity index (χ2v) is 4.16. The molecule has 2 aromatic rings. The molecule has 1 aromatic carbocycles. The molecule has 0 radical (unpaired) electrons. The molecule has 3 N–H and O–H groups in total. The van der Waals surface area contributed by atoms with Gasteiger partial charge < -0.3 is 10.8 Å². The largest absolute Gasteiger partial charge is 0.478 e. The minimum absolute atomic E-state index is 0.0118. The molecule has 0 atom stereocenters. The number of aromatic carboxylic acids is 1. The van der Waals surface area contributed by atoms with Crippen LogP contribution in [0.3, 0.4) is 0 Å². The van der Waals surface area contributed by atoms with Gasteiger partial charge in [0.25, 0.3) is 5.56 Å². The van der Waals surface area contributed by atoms with E-state index in [2.05, 4.69) is 5.10 Å². The van der Waals surface area contributed by atoms with Crippen molar-refractivity contribution in [3.05, 3.63) is 57.5 Å². The molecule has 0 aliphatic rings. The second kappa shape index (κ2) is 4.93. The number of hydrogen-bond acceptors (Lipinski definition) is 4. The van der Waals surface area contributed by atoms with Gasteiger partial charge >= 0.3 is 5.97 Å². The van der Waals surface area contributed by atoms with Gasteiger partial charge in [0, 0.05) is 11.8 Å². The Labute approximate surface area is 109 Å². The zero-order chi connectivity index (χ0) is 14.0. The lowest BCUT2D eigenvalue weighted by Gasteiger charge is -2.10. The zero-order valence-corrected chi connectivity index (χ0v) is 10.3. The van der Waals surface area contributed by atoms with Crippen molar-refractivity contribution in [3.8, 4) is 0 Å². The number of hydrogen-bond donors (Lipinski definition) is 2. The number of aryl methyl sites for hydroxylation is 1. The molecular weight excluding hydrogens is 246 g/mol. The van der Waals surface area contributed by atoms with E-state index in [9.17, 15) is 9.59 Å². The van der Waals surface area contributed by atoms with Crippen LogP contribution in [-0.4, -0.2) is 20.9 Å². The van der Waals surface area contributed by atoms with Gasteiger partial charge in [-0.3, -0.25) is 4.79 Å². The van der Waals surface area contributed by atoms with E-state index in [0.29, 0.717) is 11.3 Å². The number of nitrogens with zero attached hydrogens (tertiary/aromatic N) is 2. The van der Waals surface area contributed by atoms with Gasteiger partial charge in [0.15, 0.2) is 0 Å². The summed E-state index contributed by atoms with van der Waals surface area (Å²) < 4.78 is 1.22. The molecule has 98 valence electrons. The molecule has 2 rings (SSSR count). The van der Waals surface area contributed by atoms with E-state index < -0.39 is 5.97 Å². The number of benzene rings is 1. The molecule has 0 bridgehead atoms. The zero-order valence-electron chi connectivity index (χ0n) is 10.3. The Hall–Kier alpha value is -2.63. The van der Waals surface area contributed by atoms with E-state index in [1.807, 2.05) is 0 Å². The van der Waals surface area contributed by atoms with E-state index in [-0.39, 0.29) is 23.4 Å². The molecule has 6 heteroatoms. The van der Waals surface area contributed by atoms with Gasteiger partial charge in [-0.2, -0.15) is 5.10 Å². The first-order valence-electron chi connectivity index (χ1n) is 5.64. The molecule has 0 amide bonds. The van der Waals surface area contributed by atoms with Gasteiger partial charge in [-0.05, 0) is 24.6 Å². The highest BCUT2D eigenvalue weighted by Gasteiger charge is 2.14. The number of carbonyl (C=O) groups is 1. The van der Waals surface area contributed by atoms with Crippen molar-refractivity contribution >= 4 is 11.7 Å². The van der Waals surface area contributed by atoms with Gasteiger partial charge in [-0.1, -0.05) is 12.1 Å². The van der Waals surface area contributed by atoms with Gasteiger partial charge in [0.2, 0.25) is 0 Å². The first kappa shape index (κ1) is 12.8. The maximum atomic E-state index is 11.7. The summed E-state index contributed by atoms with van der Waals surface area (Å²) in [7, 11) is 0. The third-order valence-corrected chi connectivity index (χ3v) is 2.72. The molecule has 0 saturated heterocycles. The number of rotatable bonds is 3. The van der Waals surface area contributed by atoms with Crippen LogP contribution < -0.4 is 11.3 Å². The molecular formula is C13H13N3O3. The summed E-state index contributed by atoms with van der Waals surface area (Å²) in [6.07, 6.45) is 0. The molecule has 1 aromatic heterocycles. The van der Waals surface area contributed by atoms with Gasteiger partial charge in [0.1, 0.15) is 0 Å². The average molecular weight is 259 g/mol. The van der Waals surface area contributed by atoms with Crippen molar-refractivity contribution < 1.29 is 9.90 Å². The molecule has 6 nitrogen and oxygen atoms in total. The third-order valence-electron chi connectivity index (χ3n) is 2.72. The minimum atomic E-state index is -1.12. The molecule has 1 heterocycles. The van der Waals surface area contributed by atoms with Crippen molar-refractivity contribution in [2.45, 2.75) is 13.5 Å². The summed E-state index contributed by atoms with van der Waals surface area (Å²) in [4.78, 5) is 22.9. The summed E-state index contributed by atoms with van der Waals surface area (Å²) in [5.74, 6) is -1.12. The second-order valence-electron chi connectivity index (χ2n) is 4.16. The van der Waals surface area contributed by atoms with Crippen LogP contribution in [0.25, 0.3) is 0 Å². The van der Waals surface area contributed by atoms with Crippen molar-refractivity contribution in [3.63, 3.8) is 0 Å². The summed E-state index contributed by atoms with van der Waals surface area (Å²) in [6, 6.07) is 7.79. The minimum Gasteiger partial charge on any atom is -0.478 e. The lowest BCUT2D eigenvalue weighted by molar-refractivity contribution is 0.0696. The lowest BCUT2D eigenvalue weighted by atomic mass is 10.1. The Morgan fingerprint density at radius 1 is 1.37 bits per heavy atom. The monoisotopic (exact) mass is 259 g/mol. The molecule has 0 unspecified atom stereocenters. The van der Waals surface area contributed by atoms with Crippen LogP contribution in [0.2, 0.25) is 0 Å². The maximum Gasteiger partial charge on any atom is 0.338 e. The normalized spacial score (nSPS) is 10.4. The molecule has 0 aliphatic carbocycles. The number of nitrogen functional groups attached to an aromatic ring is 1. The Bertz CT molecular complexity index is 692. The standard InChI is InChI=1S/C13H13N3O3/c1-8-5-6-11(17)16(15-8)7-9-3-2-4-10(14)12(9)13(18)19/h2-6H,7,14H2,1H3,(H,18,19). The van der Waals surface area contributed by atoms with Crippen LogP contribution in [0.4, 0.5) is 5.69 Å². The highest BCUT2D eigenvalue weighted by Crippen LogP contribution is 2.17. The Morgan fingerprint density at radius 3 is 2.79 bits per heavy atom. The average Bonchev–Trinajstić information content (AvgIpc) is 2.33. The topological polar surface area (TPSA) is 98.2 Å². The highest BCUT2D eigenvalue weighted by molar-refractivity contribution is 5.95. The number of carboxylic acid groups (broad SMARTS) is 1. The van der Waals surface area contributed by atoms with Gasteiger partial charge in [-0.25, -0.2) is 9.48 Å². The number of anilines is 1. The third kappa shape index (κ3) is 2.62. The van der Waals surface area contributed by atoms with Crippen molar-refractivity contribution in [2.24, 2.45) is 0 Å². The molecule has 19 heavy (non-hydrogen) atoms. The van der Waals surface area contributed by atoms with E-state index in [4.69, 9.17) is 10.8 Å². The fourth-order valence-electron chi connectivity index (χ4n) is 1.84. The van der Waals surface area contributed by atoms with E-state index in [1.165, 1.54) is 16.8 Å². The molecule has 0 aliphatic heterocycles. The smallest absolute Gasteiger partial charge is 0.338 e. The molecule has 0 saturated carbocycles. The number of aromatic nitrogens is 2. The summed E-state index contributed by atoms with van der Waals surface area (Å²) >= 11 is 0. The quantitative estimate of drug-likeness (QED) is 0.797. The van der Waals surface area contributed by atoms with Crippen molar-refractivity contribution in [2.75, 3.05) is 5.73 Å². The van der Waals surface area contributed by atoms with Crippen LogP contribution in [0.15, 0.2) is 35.1 Å². The number of nitrogens with two attached hydrogens (primary N) is 1. The Kier molecular flexibility index (Phi) is 3.33. The van der Waals surface area contributed by atoms with Crippen molar-refractivity contribution in [1.82, 2.24) is 9.78 Å². The van der Waals surface area contributed by atoms with E-state index >= 15 is 0 Å². The highest BCUT2D eigenvalue weighted by atomic mass is 16.4. The van der Waals surface area contributed by atoms with Crippen molar-refractivity contribution in [1.29, 1.82) is 0 Å². The summed E-state index contributed by atoms with van der Waals surface area (Å²) in [6.45, 7) is 1.83. The predicted molar refractivity (Wildman–Crippen MR) is 70.1 cm³/mol. The first-order valence-corrected chi connectivity index (χ1v) is 5.64. The van der Waals surface area contributed by atoms with Crippen LogP contribution in [0.5, 0.6) is 0 Å². The van der Waals surface area contributed by atoms with Crippen LogP contribution >= 0.6 is 0 Å². The first-order chi connectivity index (χ1) is 8.99. The fraction of sp³-hybridized carbons (Fsp3) is 0.154. The summed E-state index contributed by atoms with van der Waals surface area (Å²) in [5.41, 5.74) is 6.68. The Balaban J connectivity index is 2.50. The molecule has 0 spiro atoms. The SMILES string of the molecule is Cc1ccc(=O)n(Cc2cccc(N)c2C(=O)O)n1. The van der Waals surface area contributed by atoms with Crippen LogP contribution in [0, 0.1) is 6.92 Å². The van der Waals surface area contributed by atoms with E-state index in [0.717, 1.165) is 0 Å². The molecule has 0 fully saturated rings. The Morgan fingerprint density at radius 2 is 2.11 bits per heavy atom. The summed E-state index contributed by atoms with van der Waals surface area (Å²) in [5, 5.41) is 13.2. The van der Waals surface area contributed by atoms with Gasteiger partial charge in [-0.15, -0.1) is 0 Å². The maximum absolute atomic E-state index is 11.7. The fourth-order valence-corrected chi connectivity index (χ4v) is 1.84. The predicted octanol–water partition coefficient (Wildman–Crippen LogP) is 0.880. The van der Waals surface area contributed by atoms with Crippen LogP contribution in [-0.2, 0) is 6.54 Å².